The number of hydrogen-bond donors (Lipinski definition) is 0. The Morgan fingerprint density at radius 3 is 2.13 bits per heavy atom. The zero-order valence-electron chi connectivity index (χ0n) is 24.8. The predicted octanol–water partition coefficient (Wildman–Crippen LogP) is 10.5. The molecule has 0 amide bonds. The van der Waals surface area contributed by atoms with Crippen LogP contribution in [0.25, 0.3) is 67.0 Å². The molecular formula is C41H29N3O. The zero-order valence-corrected chi connectivity index (χ0v) is 24.8. The van der Waals surface area contributed by atoms with E-state index in [4.69, 9.17) is 14.4 Å². The van der Waals surface area contributed by atoms with Gasteiger partial charge < -0.3 is 4.42 Å². The molecule has 0 atom stereocenters. The van der Waals surface area contributed by atoms with Crippen molar-refractivity contribution in [3.63, 3.8) is 0 Å². The van der Waals surface area contributed by atoms with E-state index in [-0.39, 0.29) is 5.41 Å². The first-order chi connectivity index (χ1) is 22.2. The second-order valence-corrected chi connectivity index (χ2v) is 12.4. The summed E-state index contributed by atoms with van der Waals surface area (Å²) in [7, 11) is 0. The van der Waals surface area contributed by atoms with Gasteiger partial charge in [0.2, 0.25) is 0 Å². The largest absolute Gasteiger partial charge is 0.452 e. The molecule has 2 aliphatic rings. The van der Waals surface area contributed by atoms with Gasteiger partial charge in [-0.1, -0.05) is 92.1 Å². The van der Waals surface area contributed by atoms with E-state index in [2.05, 4.69) is 72.8 Å². The fraction of sp³-hybridized carbons (Fsp3) is 0.146. The summed E-state index contributed by atoms with van der Waals surface area (Å²) in [6.45, 7) is 0. The van der Waals surface area contributed by atoms with Crippen molar-refractivity contribution in [1.29, 1.82) is 5.26 Å². The Balaban J connectivity index is 1.15. The van der Waals surface area contributed by atoms with Gasteiger partial charge >= 0.3 is 0 Å². The van der Waals surface area contributed by atoms with E-state index in [1.165, 1.54) is 65.5 Å². The van der Waals surface area contributed by atoms with Gasteiger partial charge in [-0.3, -0.25) is 0 Å². The number of aromatic nitrogens is 2. The van der Waals surface area contributed by atoms with Crippen molar-refractivity contribution in [1.82, 2.24) is 9.97 Å². The van der Waals surface area contributed by atoms with Crippen molar-refractivity contribution in [2.75, 3.05) is 0 Å². The van der Waals surface area contributed by atoms with Gasteiger partial charge in [-0.2, -0.15) is 5.26 Å². The van der Waals surface area contributed by atoms with Gasteiger partial charge in [0.25, 0.3) is 0 Å². The molecule has 4 nitrogen and oxygen atoms in total. The summed E-state index contributed by atoms with van der Waals surface area (Å²) in [6, 6.07) is 42.4. The lowest BCUT2D eigenvalue weighted by Gasteiger charge is -2.36. The van der Waals surface area contributed by atoms with E-state index < -0.39 is 0 Å². The van der Waals surface area contributed by atoms with E-state index >= 15 is 0 Å². The molecule has 5 aromatic carbocycles. The van der Waals surface area contributed by atoms with Crippen LogP contribution in [-0.2, 0) is 5.41 Å². The van der Waals surface area contributed by atoms with Crippen LogP contribution in [0.15, 0.2) is 120 Å². The number of furan rings is 1. The predicted molar refractivity (Wildman–Crippen MR) is 180 cm³/mol. The molecule has 2 aliphatic carbocycles. The van der Waals surface area contributed by atoms with Crippen LogP contribution >= 0.6 is 0 Å². The molecule has 0 bridgehead atoms. The first-order valence-corrected chi connectivity index (χ1v) is 15.8. The zero-order chi connectivity index (χ0) is 30.0. The third-order valence-electron chi connectivity index (χ3n) is 9.96. The molecule has 45 heavy (non-hydrogen) atoms. The average Bonchev–Trinajstić information content (AvgIpc) is 3.62. The van der Waals surface area contributed by atoms with Crippen molar-refractivity contribution in [2.45, 2.75) is 37.5 Å². The molecule has 9 rings (SSSR count). The molecule has 2 aromatic heterocycles. The summed E-state index contributed by atoms with van der Waals surface area (Å²) >= 11 is 0. The molecule has 7 aromatic rings. The Morgan fingerprint density at radius 2 is 1.31 bits per heavy atom. The Kier molecular flexibility index (Phi) is 5.76. The number of nitriles is 1. The third-order valence-corrected chi connectivity index (χ3v) is 9.96. The highest BCUT2D eigenvalue weighted by Gasteiger charge is 2.43. The van der Waals surface area contributed by atoms with Crippen LogP contribution in [0.1, 0.15) is 48.8 Å². The van der Waals surface area contributed by atoms with E-state index in [0.29, 0.717) is 17.0 Å². The molecule has 0 unspecified atom stereocenters. The normalized spacial score (nSPS) is 14.8. The van der Waals surface area contributed by atoms with Gasteiger partial charge in [-0.05, 0) is 88.7 Å². The average molecular weight is 580 g/mol. The van der Waals surface area contributed by atoms with Gasteiger partial charge in [0.1, 0.15) is 16.8 Å². The second-order valence-electron chi connectivity index (χ2n) is 12.4. The van der Waals surface area contributed by atoms with Crippen molar-refractivity contribution < 1.29 is 4.42 Å². The Labute approximate surface area is 261 Å². The maximum atomic E-state index is 9.29. The molecule has 1 fully saturated rings. The molecule has 0 aliphatic heterocycles. The van der Waals surface area contributed by atoms with Gasteiger partial charge in [0.05, 0.1) is 11.6 Å². The SMILES string of the molecule is N#Cc1ccc(-c2nc(-c3ccc(-c4ccc5c(c4)C4(CCCCC4)c4ccccc4-5)cc3)c3oc4ccccc4c3n2)cc1. The van der Waals surface area contributed by atoms with E-state index in [9.17, 15) is 5.26 Å². The summed E-state index contributed by atoms with van der Waals surface area (Å²) in [6.07, 6.45) is 6.35. The molecule has 214 valence electrons. The Bertz CT molecular complexity index is 2300. The fourth-order valence-corrected chi connectivity index (χ4v) is 7.76. The number of fused-ring (bicyclic) bond motifs is 8. The lowest BCUT2D eigenvalue weighted by molar-refractivity contribution is 0.353. The number of benzene rings is 5. The topological polar surface area (TPSA) is 62.7 Å². The minimum atomic E-state index is 0.135. The Morgan fingerprint density at radius 1 is 0.622 bits per heavy atom. The minimum Gasteiger partial charge on any atom is -0.452 e. The lowest BCUT2D eigenvalue weighted by Crippen LogP contribution is -2.28. The summed E-state index contributed by atoms with van der Waals surface area (Å²) < 4.78 is 6.36. The third kappa shape index (κ3) is 3.97. The monoisotopic (exact) mass is 579 g/mol. The highest BCUT2D eigenvalue weighted by Crippen LogP contribution is 2.56. The van der Waals surface area contributed by atoms with E-state index in [0.717, 1.165) is 33.3 Å². The number of para-hydroxylation sites is 1. The first kappa shape index (κ1) is 25.9. The summed E-state index contributed by atoms with van der Waals surface area (Å²) in [5.74, 6) is 0.605. The van der Waals surface area contributed by atoms with Crippen molar-refractivity contribution in [3.8, 4) is 51.0 Å². The first-order valence-electron chi connectivity index (χ1n) is 15.8. The van der Waals surface area contributed by atoms with Crippen molar-refractivity contribution in [2.24, 2.45) is 0 Å². The molecule has 1 saturated carbocycles. The highest BCUT2D eigenvalue weighted by atomic mass is 16.3. The van der Waals surface area contributed by atoms with Gasteiger partial charge in [-0.15, -0.1) is 0 Å². The quantitative estimate of drug-likeness (QED) is 0.209. The van der Waals surface area contributed by atoms with Crippen LogP contribution in [-0.4, -0.2) is 9.97 Å². The van der Waals surface area contributed by atoms with Crippen LogP contribution in [0.3, 0.4) is 0 Å². The number of nitrogens with zero attached hydrogens (tertiary/aromatic N) is 3. The van der Waals surface area contributed by atoms with Crippen LogP contribution in [0.2, 0.25) is 0 Å². The molecule has 4 heteroatoms. The maximum absolute atomic E-state index is 9.29. The van der Waals surface area contributed by atoms with Crippen LogP contribution in [0, 0.1) is 11.3 Å². The molecule has 0 saturated heterocycles. The van der Waals surface area contributed by atoms with E-state index in [1.54, 1.807) is 12.1 Å². The number of hydrogen-bond acceptors (Lipinski definition) is 4. The summed E-state index contributed by atoms with van der Waals surface area (Å²) in [4.78, 5) is 9.98. The van der Waals surface area contributed by atoms with E-state index in [1.807, 2.05) is 36.4 Å². The Hall–Kier alpha value is -5.53. The molecule has 0 radical (unpaired) electrons. The van der Waals surface area contributed by atoms with Gasteiger partial charge in [0.15, 0.2) is 11.4 Å². The maximum Gasteiger partial charge on any atom is 0.180 e. The molecule has 2 heterocycles. The summed E-state index contributed by atoms with van der Waals surface area (Å²) in [5.41, 5.74) is 13.8. The fourth-order valence-electron chi connectivity index (χ4n) is 7.76. The van der Waals surface area contributed by atoms with Crippen molar-refractivity contribution in [3.05, 3.63) is 132 Å². The van der Waals surface area contributed by atoms with Crippen molar-refractivity contribution >= 4 is 22.1 Å². The molecule has 0 N–H and O–H groups in total. The van der Waals surface area contributed by atoms with Gasteiger partial charge in [-0.25, -0.2) is 9.97 Å². The lowest BCUT2D eigenvalue weighted by atomic mass is 9.67. The highest BCUT2D eigenvalue weighted by molar-refractivity contribution is 6.07. The van der Waals surface area contributed by atoms with Crippen LogP contribution in [0.5, 0.6) is 0 Å². The number of rotatable bonds is 3. The minimum absolute atomic E-state index is 0.135. The van der Waals surface area contributed by atoms with Crippen LogP contribution in [0.4, 0.5) is 0 Å². The second kappa shape index (κ2) is 10.0. The molecule has 1 spiro atoms. The summed E-state index contributed by atoms with van der Waals surface area (Å²) in [5, 5.41) is 10.2. The standard InChI is InChI=1S/C41H29N3O/c42-25-26-12-14-29(15-13-26)40-43-37(39-38(44-40)33-9-3-5-11-36(33)45-39)28-18-16-27(17-19-28)30-20-21-32-31-8-2-4-10-34(31)41(35(32)24-30)22-6-1-7-23-41/h2-5,8-21,24H,1,6-7,22-23H2. The molecular weight excluding hydrogens is 550 g/mol. The van der Waals surface area contributed by atoms with Gasteiger partial charge in [0, 0.05) is 21.9 Å². The van der Waals surface area contributed by atoms with Crippen LogP contribution < -0.4 is 0 Å². The smallest absolute Gasteiger partial charge is 0.180 e.